The largest absolute Gasteiger partial charge is 0.393 e. The summed E-state index contributed by atoms with van der Waals surface area (Å²) < 4.78 is 4.76. The van der Waals surface area contributed by atoms with Crippen LogP contribution in [0, 0.1) is 22.7 Å². The fourth-order valence-electron chi connectivity index (χ4n) is 2.60. The van der Waals surface area contributed by atoms with Gasteiger partial charge in [0.2, 0.25) is 0 Å². The van der Waals surface area contributed by atoms with E-state index in [9.17, 15) is 9.59 Å². The van der Waals surface area contributed by atoms with Crippen LogP contribution < -0.4 is 0 Å². The van der Waals surface area contributed by atoms with Crippen LogP contribution in [-0.4, -0.2) is 11.9 Å². The van der Waals surface area contributed by atoms with E-state index in [0.29, 0.717) is 0 Å². The lowest BCUT2D eigenvalue weighted by Crippen LogP contribution is -2.42. The number of allylic oxidation sites excluding steroid dienone is 2. The van der Waals surface area contributed by atoms with E-state index in [1.807, 2.05) is 39.8 Å². The quantitative estimate of drug-likeness (QED) is 0.347. The molecule has 3 nitrogen and oxygen atoms in total. The minimum atomic E-state index is -0.368. The fraction of sp³-hybridized carbons (Fsp3) is 0.667. The van der Waals surface area contributed by atoms with Crippen molar-refractivity contribution >= 4 is 11.9 Å². The number of hydrogen-bond acceptors (Lipinski definition) is 3. The van der Waals surface area contributed by atoms with Crippen LogP contribution in [0.5, 0.6) is 0 Å². The number of esters is 2. The highest BCUT2D eigenvalue weighted by atomic mass is 16.6. The molecule has 1 aliphatic heterocycles. The Morgan fingerprint density at radius 2 is 1.27 bits per heavy atom. The highest BCUT2D eigenvalue weighted by molar-refractivity contribution is 5.98. The van der Waals surface area contributed by atoms with Gasteiger partial charge in [0.05, 0.1) is 11.8 Å². The number of carbonyl (C=O) groups excluding carboxylic acids is 2. The molecule has 2 unspecified atom stereocenters. The van der Waals surface area contributed by atoms with E-state index < -0.39 is 0 Å². The molecule has 1 aliphatic carbocycles. The zero-order chi connectivity index (χ0) is 11.4. The second-order valence-corrected chi connectivity index (χ2v) is 5.67. The molecule has 0 aromatic rings. The second kappa shape index (κ2) is 2.71. The average molecular weight is 208 g/mol. The van der Waals surface area contributed by atoms with Crippen molar-refractivity contribution in [3.05, 3.63) is 12.2 Å². The van der Waals surface area contributed by atoms with Gasteiger partial charge in [0.1, 0.15) is 0 Å². The van der Waals surface area contributed by atoms with Crippen LogP contribution in [0.2, 0.25) is 0 Å². The minimum absolute atomic E-state index is 0.288. The number of ether oxygens (including phenoxy) is 1. The molecule has 0 aromatic heterocycles. The van der Waals surface area contributed by atoms with Gasteiger partial charge in [-0.2, -0.15) is 0 Å². The van der Waals surface area contributed by atoms with Crippen LogP contribution >= 0.6 is 0 Å². The van der Waals surface area contributed by atoms with E-state index in [4.69, 9.17) is 4.74 Å². The van der Waals surface area contributed by atoms with Crippen LogP contribution in [0.4, 0.5) is 0 Å². The van der Waals surface area contributed by atoms with E-state index in [1.54, 1.807) is 0 Å². The van der Waals surface area contributed by atoms with Gasteiger partial charge >= 0.3 is 11.9 Å². The van der Waals surface area contributed by atoms with Crippen LogP contribution in [0.1, 0.15) is 27.7 Å². The van der Waals surface area contributed by atoms with Gasteiger partial charge in [-0.05, 0) is 10.8 Å². The lowest BCUT2D eigenvalue weighted by Gasteiger charge is -2.40. The van der Waals surface area contributed by atoms with Crippen LogP contribution in [0.25, 0.3) is 0 Å². The lowest BCUT2D eigenvalue weighted by molar-refractivity contribution is -0.154. The first kappa shape index (κ1) is 10.4. The third-order valence-electron chi connectivity index (χ3n) is 3.59. The van der Waals surface area contributed by atoms with Gasteiger partial charge < -0.3 is 4.74 Å². The van der Waals surface area contributed by atoms with Gasteiger partial charge in [0.25, 0.3) is 0 Å². The Morgan fingerprint density at radius 1 is 0.933 bits per heavy atom. The summed E-state index contributed by atoms with van der Waals surface area (Å²) in [6.07, 6.45) is 4.04. The summed E-state index contributed by atoms with van der Waals surface area (Å²) in [7, 11) is 0. The van der Waals surface area contributed by atoms with Gasteiger partial charge in [-0.15, -0.1) is 0 Å². The zero-order valence-corrected chi connectivity index (χ0v) is 9.53. The fourth-order valence-corrected chi connectivity index (χ4v) is 2.60. The maximum atomic E-state index is 11.6. The number of hydrogen-bond donors (Lipinski definition) is 0. The number of rotatable bonds is 0. The monoisotopic (exact) mass is 208 g/mol. The Kier molecular flexibility index (Phi) is 1.88. The molecule has 0 radical (unpaired) electrons. The molecule has 0 spiro atoms. The molecule has 0 saturated carbocycles. The Morgan fingerprint density at radius 3 is 1.60 bits per heavy atom. The average Bonchev–Trinajstić information content (AvgIpc) is 2.38. The Bertz CT molecular complexity index is 329. The van der Waals surface area contributed by atoms with Crippen molar-refractivity contribution < 1.29 is 14.3 Å². The minimum Gasteiger partial charge on any atom is -0.393 e. The summed E-state index contributed by atoms with van der Waals surface area (Å²) in [5.74, 6) is -1.39. The van der Waals surface area contributed by atoms with Gasteiger partial charge in [-0.25, -0.2) is 0 Å². The molecule has 1 fully saturated rings. The van der Waals surface area contributed by atoms with Crippen LogP contribution in [0.15, 0.2) is 12.2 Å². The molecule has 2 atom stereocenters. The summed E-state index contributed by atoms with van der Waals surface area (Å²) in [5, 5.41) is 0. The summed E-state index contributed by atoms with van der Waals surface area (Å²) in [6.45, 7) is 7.87. The van der Waals surface area contributed by atoms with Crippen molar-refractivity contribution in [1.29, 1.82) is 0 Å². The lowest BCUT2D eigenvalue weighted by atomic mass is 9.59. The maximum absolute atomic E-state index is 11.6. The number of cyclic esters (lactones) is 2. The Hall–Kier alpha value is -1.12. The van der Waals surface area contributed by atoms with Gasteiger partial charge in [0.15, 0.2) is 0 Å². The van der Waals surface area contributed by atoms with E-state index in [0.717, 1.165) is 0 Å². The third kappa shape index (κ3) is 1.33. The summed E-state index contributed by atoms with van der Waals surface area (Å²) in [4.78, 5) is 23.3. The van der Waals surface area contributed by atoms with Crippen LogP contribution in [-0.2, 0) is 14.3 Å². The van der Waals surface area contributed by atoms with Crippen molar-refractivity contribution in [2.75, 3.05) is 0 Å². The molecule has 2 aliphatic rings. The standard InChI is InChI=1S/C12H16O3/c1-11(2)5-6-12(3,4)8-7(11)9(13)15-10(8)14/h5-8H,1-4H3. The molecular formula is C12H16O3. The predicted molar refractivity (Wildman–Crippen MR) is 54.8 cm³/mol. The summed E-state index contributed by atoms with van der Waals surface area (Å²) >= 11 is 0. The highest BCUT2D eigenvalue weighted by Gasteiger charge is 2.58. The highest BCUT2D eigenvalue weighted by Crippen LogP contribution is 2.51. The van der Waals surface area contributed by atoms with E-state index in [1.165, 1.54) is 0 Å². The molecule has 1 saturated heterocycles. The van der Waals surface area contributed by atoms with Crippen LogP contribution in [0.3, 0.4) is 0 Å². The number of carbonyl (C=O) groups is 2. The smallest absolute Gasteiger partial charge is 0.318 e. The molecule has 0 amide bonds. The topological polar surface area (TPSA) is 43.4 Å². The van der Waals surface area contributed by atoms with E-state index >= 15 is 0 Å². The van der Waals surface area contributed by atoms with Crippen molar-refractivity contribution in [2.24, 2.45) is 22.7 Å². The van der Waals surface area contributed by atoms with Gasteiger partial charge in [0, 0.05) is 0 Å². The number of fused-ring (bicyclic) bond motifs is 1. The molecule has 82 valence electrons. The summed E-state index contributed by atoms with van der Waals surface area (Å²) in [5.41, 5.74) is -0.577. The first-order valence-corrected chi connectivity index (χ1v) is 5.22. The first-order chi connectivity index (χ1) is 6.76. The molecule has 2 rings (SSSR count). The molecular weight excluding hydrogens is 192 g/mol. The summed E-state index contributed by atoms with van der Waals surface area (Å²) in [6, 6.07) is 0. The first-order valence-electron chi connectivity index (χ1n) is 5.22. The Labute approximate surface area is 89.5 Å². The predicted octanol–water partition coefficient (Wildman–Crippen LogP) is 1.92. The maximum Gasteiger partial charge on any atom is 0.318 e. The second-order valence-electron chi connectivity index (χ2n) is 5.67. The van der Waals surface area contributed by atoms with Gasteiger partial charge in [-0.3, -0.25) is 9.59 Å². The molecule has 1 heterocycles. The molecule has 3 heteroatoms. The third-order valence-corrected chi connectivity index (χ3v) is 3.59. The van der Waals surface area contributed by atoms with Gasteiger partial charge in [-0.1, -0.05) is 39.8 Å². The molecule has 15 heavy (non-hydrogen) atoms. The van der Waals surface area contributed by atoms with E-state index in [2.05, 4.69) is 0 Å². The zero-order valence-electron chi connectivity index (χ0n) is 9.53. The van der Waals surface area contributed by atoms with Crippen molar-refractivity contribution in [3.63, 3.8) is 0 Å². The molecule has 0 bridgehead atoms. The van der Waals surface area contributed by atoms with Crippen molar-refractivity contribution in [3.8, 4) is 0 Å². The molecule has 0 N–H and O–H groups in total. The normalized spacial score (nSPS) is 36.3. The molecule has 0 aromatic carbocycles. The SMILES string of the molecule is CC1(C)C=CC(C)(C)C2C(=O)OC(=O)C21. The van der Waals surface area contributed by atoms with Crippen molar-refractivity contribution in [1.82, 2.24) is 0 Å². The van der Waals surface area contributed by atoms with E-state index in [-0.39, 0.29) is 34.6 Å². The van der Waals surface area contributed by atoms with Crippen molar-refractivity contribution in [2.45, 2.75) is 27.7 Å². The Balaban J connectivity index is 2.54.